The van der Waals surface area contributed by atoms with Crippen molar-refractivity contribution in [3.05, 3.63) is 0 Å². The molecule has 3 nitrogen and oxygen atoms in total. The number of likely N-dealkylation sites (tertiary alicyclic amines) is 1. The smallest absolute Gasteiger partial charge is 0.236 e. The van der Waals surface area contributed by atoms with Gasteiger partial charge >= 0.3 is 0 Å². The third-order valence-corrected chi connectivity index (χ3v) is 3.88. The molecule has 0 aromatic heterocycles. The van der Waals surface area contributed by atoms with Crippen LogP contribution in [-0.4, -0.2) is 22.3 Å². The predicted molar refractivity (Wildman–Crippen MR) is 61.7 cm³/mol. The van der Waals surface area contributed by atoms with Crippen LogP contribution in [0.5, 0.6) is 0 Å². The van der Waals surface area contributed by atoms with Crippen LogP contribution < -0.4 is 0 Å². The van der Waals surface area contributed by atoms with Crippen LogP contribution in [0.2, 0.25) is 0 Å². The monoisotopic (exact) mass is 223 g/mol. The van der Waals surface area contributed by atoms with Gasteiger partial charge in [-0.2, -0.15) is 0 Å². The van der Waals surface area contributed by atoms with E-state index in [-0.39, 0.29) is 22.8 Å². The maximum absolute atomic E-state index is 12.4. The fourth-order valence-corrected chi connectivity index (χ4v) is 3.09. The Morgan fingerprint density at radius 3 is 2.06 bits per heavy atom. The summed E-state index contributed by atoms with van der Waals surface area (Å²) in [5.41, 5.74) is -0.697. The molecule has 16 heavy (non-hydrogen) atoms. The first-order chi connectivity index (χ1) is 7.37. The fourth-order valence-electron chi connectivity index (χ4n) is 3.09. The largest absolute Gasteiger partial charge is 0.277 e. The zero-order valence-electron chi connectivity index (χ0n) is 10.5. The van der Waals surface area contributed by atoms with Gasteiger partial charge in [0.05, 0.1) is 5.41 Å². The van der Waals surface area contributed by atoms with Gasteiger partial charge in [0.1, 0.15) is 0 Å². The first-order valence-electron chi connectivity index (χ1n) is 6.24. The van der Waals surface area contributed by atoms with Gasteiger partial charge < -0.3 is 0 Å². The lowest BCUT2D eigenvalue weighted by Gasteiger charge is -2.34. The fraction of sp³-hybridized carbons (Fsp3) is 0.846. The van der Waals surface area contributed by atoms with Crippen molar-refractivity contribution in [1.82, 2.24) is 4.90 Å². The van der Waals surface area contributed by atoms with Crippen molar-refractivity contribution in [2.75, 3.05) is 0 Å². The van der Waals surface area contributed by atoms with Gasteiger partial charge in [-0.15, -0.1) is 0 Å². The maximum Gasteiger partial charge on any atom is 0.236 e. The summed E-state index contributed by atoms with van der Waals surface area (Å²) >= 11 is 0. The molecule has 0 bridgehead atoms. The normalized spacial score (nSPS) is 25.6. The van der Waals surface area contributed by atoms with Crippen LogP contribution in [0.4, 0.5) is 0 Å². The summed E-state index contributed by atoms with van der Waals surface area (Å²) in [6.07, 6.45) is 5.66. The van der Waals surface area contributed by atoms with Crippen LogP contribution in [-0.2, 0) is 9.59 Å². The van der Waals surface area contributed by atoms with Crippen molar-refractivity contribution in [2.24, 2.45) is 5.41 Å². The second-order valence-electron chi connectivity index (χ2n) is 6.22. The van der Waals surface area contributed by atoms with Gasteiger partial charge in [0.15, 0.2) is 0 Å². The Hall–Kier alpha value is -0.860. The minimum atomic E-state index is -0.366. The van der Waals surface area contributed by atoms with Crippen LogP contribution >= 0.6 is 0 Å². The molecule has 90 valence electrons. The van der Waals surface area contributed by atoms with Crippen LogP contribution in [0.1, 0.15) is 59.3 Å². The zero-order chi connectivity index (χ0) is 12.0. The molecular formula is C13H21NO2. The van der Waals surface area contributed by atoms with E-state index in [4.69, 9.17) is 0 Å². The van der Waals surface area contributed by atoms with Crippen molar-refractivity contribution < 1.29 is 9.59 Å². The Bertz CT molecular complexity index is 321. The van der Waals surface area contributed by atoms with Gasteiger partial charge in [0, 0.05) is 12.0 Å². The third-order valence-electron chi connectivity index (χ3n) is 3.88. The zero-order valence-corrected chi connectivity index (χ0v) is 10.5. The lowest BCUT2D eigenvalue weighted by molar-refractivity contribution is -0.147. The SMILES string of the molecule is CC(C)(C)N1C(=O)CC2(CCCCC2)C1=O. The number of carbonyl (C=O) groups excluding carboxylic acids is 2. The van der Waals surface area contributed by atoms with Gasteiger partial charge in [-0.05, 0) is 33.6 Å². The molecular weight excluding hydrogens is 202 g/mol. The summed E-state index contributed by atoms with van der Waals surface area (Å²) in [4.78, 5) is 26.0. The summed E-state index contributed by atoms with van der Waals surface area (Å²) in [5, 5.41) is 0. The summed E-state index contributed by atoms with van der Waals surface area (Å²) in [7, 11) is 0. The molecule has 1 saturated heterocycles. The Labute approximate surface area is 97.2 Å². The van der Waals surface area contributed by atoms with E-state index in [1.807, 2.05) is 20.8 Å². The second kappa shape index (κ2) is 3.57. The molecule has 0 N–H and O–H groups in total. The molecule has 1 spiro atoms. The third kappa shape index (κ3) is 1.66. The highest BCUT2D eigenvalue weighted by Gasteiger charge is 2.54. The number of carbonyl (C=O) groups is 2. The maximum atomic E-state index is 12.4. The molecule has 1 saturated carbocycles. The van der Waals surface area contributed by atoms with E-state index >= 15 is 0 Å². The minimum Gasteiger partial charge on any atom is -0.277 e. The summed E-state index contributed by atoms with van der Waals surface area (Å²) in [5.74, 6) is 0.115. The first kappa shape index (κ1) is 11.6. The number of hydrogen-bond acceptors (Lipinski definition) is 2. The van der Waals surface area contributed by atoms with E-state index in [1.54, 1.807) is 0 Å². The molecule has 3 heteroatoms. The molecule has 0 atom stereocenters. The molecule has 0 aromatic carbocycles. The first-order valence-corrected chi connectivity index (χ1v) is 6.24. The lowest BCUT2D eigenvalue weighted by Crippen LogP contribution is -2.47. The van der Waals surface area contributed by atoms with Crippen LogP contribution in [0.25, 0.3) is 0 Å². The van der Waals surface area contributed by atoms with Crippen molar-refractivity contribution in [1.29, 1.82) is 0 Å². The van der Waals surface area contributed by atoms with Crippen LogP contribution in [0.15, 0.2) is 0 Å². The molecule has 1 aliphatic heterocycles. The Morgan fingerprint density at radius 1 is 1.06 bits per heavy atom. The molecule has 2 aliphatic rings. The van der Waals surface area contributed by atoms with E-state index in [9.17, 15) is 9.59 Å². The standard InChI is InChI=1S/C13H21NO2/c1-12(2,3)14-10(15)9-13(11(14)16)7-5-4-6-8-13/h4-9H2,1-3H3. The van der Waals surface area contributed by atoms with Crippen LogP contribution in [0, 0.1) is 5.41 Å². The van der Waals surface area contributed by atoms with Crippen molar-refractivity contribution in [2.45, 2.75) is 64.8 Å². The summed E-state index contributed by atoms with van der Waals surface area (Å²) < 4.78 is 0. The number of nitrogens with zero attached hydrogens (tertiary/aromatic N) is 1. The van der Waals surface area contributed by atoms with E-state index in [1.165, 1.54) is 11.3 Å². The van der Waals surface area contributed by atoms with E-state index in [0.717, 1.165) is 25.7 Å². The topological polar surface area (TPSA) is 37.4 Å². The second-order valence-corrected chi connectivity index (χ2v) is 6.22. The molecule has 0 unspecified atom stereocenters. The lowest BCUT2D eigenvalue weighted by atomic mass is 9.73. The minimum absolute atomic E-state index is 0.0272. The Morgan fingerprint density at radius 2 is 1.62 bits per heavy atom. The van der Waals surface area contributed by atoms with Gasteiger partial charge in [-0.1, -0.05) is 19.3 Å². The van der Waals surface area contributed by atoms with E-state index in [2.05, 4.69) is 0 Å². The highest BCUT2D eigenvalue weighted by Crippen LogP contribution is 2.46. The molecule has 0 aromatic rings. The van der Waals surface area contributed by atoms with Gasteiger partial charge in [-0.3, -0.25) is 14.5 Å². The average Bonchev–Trinajstić information content (AvgIpc) is 2.38. The number of hydrogen-bond donors (Lipinski definition) is 0. The Balaban J connectivity index is 2.28. The van der Waals surface area contributed by atoms with Crippen LogP contribution in [0.3, 0.4) is 0 Å². The molecule has 1 aliphatic carbocycles. The summed E-state index contributed by atoms with van der Waals surface area (Å²) in [6, 6.07) is 0. The molecule has 0 radical (unpaired) electrons. The van der Waals surface area contributed by atoms with Gasteiger partial charge in [0.2, 0.25) is 11.8 Å². The van der Waals surface area contributed by atoms with Crippen molar-refractivity contribution in [3.8, 4) is 0 Å². The Kier molecular flexibility index (Phi) is 2.59. The number of amides is 2. The average molecular weight is 223 g/mol. The quantitative estimate of drug-likeness (QED) is 0.592. The van der Waals surface area contributed by atoms with Crippen molar-refractivity contribution >= 4 is 11.8 Å². The van der Waals surface area contributed by atoms with Crippen molar-refractivity contribution in [3.63, 3.8) is 0 Å². The molecule has 2 rings (SSSR count). The summed E-state index contributed by atoms with van der Waals surface area (Å²) in [6.45, 7) is 5.81. The predicted octanol–water partition coefficient (Wildman–Crippen LogP) is 2.49. The molecule has 1 heterocycles. The highest BCUT2D eigenvalue weighted by molar-refractivity contribution is 6.06. The highest BCUT2D eigenvalue weighted by atomic mass is 16.2. The molecule has 2 fully saturated rings. The van der Waals surface area contributed by atoms with Gasteiger partial charge in [0.25, 0.3) is 0 Å². The van der Waals surface area contributed by atoms with E-state index < -0.39 is 0 Å². The van der Waals surface area contributed by atoms with Gasteiger partial charge in [-0.25, -0.2) is 0 Å². The number of imide groups is 1. The number of rotatable bonds is 0. The van der Waals surface area contributed by atoms with E-state index in [0.29, 0.717) is 6.42 Å². The molecule has 2 amide bonds.